The number of hydrogen-bond donors (Lipinski definition) is 0. The maximum absolute atomic E-state index is 11.6. The molecule has 136 valence electrons. The van der Waals surface area contributed by atoms with E-state index in [0.717, 1.165) is 30.6 Å². The van der Waals surface area contributed by atoms with Gasteiger partial charge >= 0.3 is 5.97 Å². The summed E-state index contributed by atoms with van der Waals surface area (Å²) in [6.07, 6.45) is 9.21. The van der Waals surface area contributed by atoms with E-state index in [2.05, 4.69) is 51.6 Å². The van der Waals surface area contributed by atoms with E-state index >= 15 is 0 Å². The lowest BCUT2D eigenvalue weighted by molar-refractivity contribution is -0.131. The van der Waals surface area contributed by atoms with Crippen LogP contribution in [-0.4, -0.2) is 5.97 Å². The molecule has 1 aromatic carbocycles. The number of unbranched alkanes of at least 4 members (excludes halogenated alkanes) is 2. The van der Waals surface area contributed by atoms with E-state index in [9.17, 15) is 4.79 Å². The zero-order valence-corrected chi connectivity index (χ0v) is 16.2. The second-order valence-corrected chi connectivity index (χ2v) is 7.45. The molecule has 2 atom stereocenters. The molecule has 0 amide bonds. The molecule has 0 unspecified atom stereocenters. The number of aryl methyl sites for hydroxylation is 1. The topological polar surface area (TPSA) is 26.3 Å². The molecule has 0 spiro atoms. The first kappa shape index (κ1) is 19.5. The van der Waals surface area contributed by atoms with Crippen molar-refractivity contribution in [1.82, 2.24) is 0 Å². The predicted molar refractivity (Wildman–Crippen MR) is 105 cm³/mol. The SMILES string of the molecule is C=C(C)[C@@H]1CCC(C)=C[C@H]1c1ccc(CCCCC)cc1OC(C)=O. The molecule has 1 aliphatic carbocycles. The van der Waals surface area contributed by atoms with Crippen molar-refractivity contribution in [3.63, 3.8) is 0 Å². The predicted octanol–water partition coefficient (Wildman–Crippen LogP) is 6.36. The van der Waals surface area contributed by atoms with Crippen LogP contribution in [0.15, 0.2) is 42.0 Å². The van der Waals surface area contributed by atoms with Crippen LogP contribution < -0.4 is 4.74 Å². The van der Waals surface area contributed by atoms with E-state index in [-0.39, 0.29) is 11.9 Å². The average Bonchev–Trinajstić information content (AvgIpc) is 2.54. The molecular weight excluding hydrogens is 308 g/mol. The van der Waals surface area contributed by atoms with Gasteiger partial charge < -0.3 is 4.74 Å². The molecule has 0 radical (unpaired) electrons. The summed E-state index contributed by atoms with van der Waals surface area (Å²) in [4.78, 5) is 11.6. The third kappa shape index (κ3) is 5.32. The lowest BCUT2D eigenvalue weighted by Crippen LogP contribution is -2.18. The summed E-state index contributed by atoms with van der Waals surface area (Å²) in [7, 11) is 0. The molecule has 0 saturated heterocycles. The molecular formula is C23H32O2. The number of carbonyl (C=O) groups is 1. The smallest absolute Gasteiger partial charge is 0.308 e. The number of rotatable bonds is 7. The Hall–Kier alpha value is -1.83. The fraction of sp³-hybridized carbons (Fsp3) is 0.522. The third-order valence-electron chi connectivity index (χ3n) is 5.14. The van der Waals surface area contributed by atoms with Crippen LogP contribution >= 0.6 is 0 Å². The Morgan fingerprint density at radius 1 is 1.28 bits per heavy atom. The van der Waals surface area contributed by atoms with E-state index in [1.807, 2.05) is 0 Å². The summed E-state index contributed by atoms with van der Waals surface area (Å²) >= 11 is 0. The minimum Gasteiger partial charge on any atom is -0.426 e. The van der Waals surface area contributed by atoms with Gasteiger partial charge in [0.05, 0.1) is 0 Å². The van der Waals surface area contributed by atoms with Crippen molar-refractivity contribution in [2.75, 3.05) is 0 Å². The standard InChI is InChI=1S/C23H32O2/c1-6-7-8-9-19-11-13-21(23(15-19)25-18(5)24)22-14-17(4)10-12-20(22)16(2)3/h11,13-15,20,22H,2,6-10,12H2,1,3-5H3/t20-,22+/m0/s1. The van der Waals surface area contributed by atoms with Crippen molar-refractivity contribution in [1.29, 1.82) is 0 Å². The largest absolute Gasteiger partial charge is 0.426 e. The van der Waals surface area contributed by atoms with Crippen LogP contribution in [0.1, 0.15) is 76.8 Å². The first-order valence-corrected chi connectivity index (χ1v) is 9.56. The normalized spacial score (nSPS) is 20.1. The van der Waals surface area contributed by atoms with Crippen LogP contribution in [0.25, 0.3) is 0 Å². The number of carbonyl (C=O) groups excluding carboxylic acids is 1. The van der Waals surface area contributed by atoms with Crippen molar-refractivity contribution < 1.29 is 9.53 Å². The minimum absolute atomic E-state index is 0.241. The molecule has 0 N–H and O–H groups in total. The van der Waals surface area contributed by atoms with Crippen molar-refractivity contribution in [2.45, 2.75) is 72.1 Å². The fourth-order valence-electron chi connectivity index (χ4n) is 3.76. The second-order valence-electron chi connectivity index (χ2n) is 7.45. The summed E-state index contributed by atoms with van der Waals surface area (Å²) in [6, 6.07) is 6.43. The number of benzene rings is 1. The summed E-state index contributed by atoms with van der Waals surface area (Å²) in [5.41, 5.74) is 4.97. The molecule has 0 bridgehead atoms. The number of esters is 1. The number of ether oxygens (including phenoxy) is 1. The van der Waals surface area contributed by atoms with Crippen LogP contribution in [-0.2, 0) is 11.2 Å². The molecule has 1 aromatic rings. The van der Waals surface area contributed by atoms with Crippen LogP contribution in [0, 0.1) is 5.92 Å². The lowest BCUT2D eigenvalue weighted by atomic mass is 9.74. The van der Waals surface area contributed by atoms with Crippen LogP contribution in [0.3, 0.4) is 0 Å². The molecule has 1 aliphatic rings. The van der Waals surface area contributed by atoms with Gasteiger partial charge in [0.25, 0.3) is 0 Å². The van der Waals surface area contributed by atoms with Gasteiger partial charge in [0.15, 0.2) is 0 Å². The quantitative estimate of drug-likeness (QED) is 0.250. The van der Waals surface area contributed by atoms with Gasteiger partial charge in [-0.15, -0.1) is 0 Å². The Bertz CT molecular complexity index is 654. The van der Waals surface area contributed by atoms with E-state index in [4.69, 9.17) is 4.74 Å². The van der Waals surface area contributed by atoms with E-state index in [1.54, 1.807) is 0 Å². The first-order chi connectivity index (χ1) is 11.9. The first-order valence-electron chi connectivity index (χ1n) is 9.56. The average molecular weight is 341 g/mol. The van der Waals surface area contributed by atoms with Gasteiger partial charge in [0.1, 0.15) is 5.75 Å². The van der Waals surface area contributed by atoms with Crippen molar-refractivity contribution >= 4 is 5.97 Å². The van der Waals surface area contributed by atoms with Gasteiger partial charge in [-0.2, -0.15) is 0 Å². The van der Waals surface area contributed by atoms with Crippen LogP contribution in [0.4, 0.5) is 0 Å². The van der Waals surface area contributed by atoms with E-state index in [0.29, 0.717) is 5.92 Å². The molecule has 2 nitrogen and oxygen atoms in total. The number of hydrogen-bond acceptors (Lipinski definition) is 2. The molecule has 2 heteroatoms. The van der Waals surface area contributed by atoms with Crippen molar-refractivity contribution in [2.24, 2.45) is 5.92 Å². The summed E-state index contributed by atoms with van der Waals surface area (Å²) in [6.45, 7) is 12.2. The third-order valence-corrected chi connectivity index (χ3v) is 5.14. The second kappa shape index (κ2) is 9.03. The molecule has 0 heterocycles. The highest BCUT2D eigenvalue weighted by Crippen LogP contribution is 2.43. The maximum Gasteiger partial charge on any atom is 0.308 e. The van der Waals surface area contributed by atoms with Gasteiger partial charge in [-0.25, -0.2) is 0 Å². The zero-order valence-electron chi connectivity index (χ0n) is 16.2. The van der Waals surface area contributed by atoms with E-state index < -0.39 is 0 Å². The molecule has 0 aliphatic heterocycles. The molecule has 0 aromatic heterocycles. The summed E-state index contributed by atoms with van der Waals surface area (Å²) in [5, 5.41) is 0. The van der Waals surface area contributed by atoms with E-state index in [1.165, 1.54) is 42.9 Å². The Morgan fingerprint density at radius 2 is 2.04 bits per heavy atom. The van der Waals surface area contributed by atoms with Gasteiger partial charge in [0, 0.05) is 18.4 Å². The van der Waals surface area contributed by atoms with Gasteiger partial charge in [0.2, 0.25) is 0 Å². The highest BCUT2D eigenvalue weighted by Gasteiger charge is 2.28. The minimum atomic E-state index is -0.254. The van der Waals surface area contributed by atoms with Crippen LogP contribution in [0.5, 0.6) is 5.75 Å². The van der Waals surface area contributed by atoms with Gasteiger partial charge in [-0.1, -0.05) is 55.7 Å². The van der Waals surface area contributed by atoms with Crippen molar-refractivity contribution in [3.8, 4) is 5.75 Å². The maximum atomic E-state index is 11.6. The molecule has 25 heavy (non-hydrogen) atoms. The zero-order chi connectivity index (χ0) is 18.4. The van der Waals surface area contributed by atoms with Crippen molar-refractivity contribution in [3.05, 3.63) is 53.1 Å². The molecule has 0 saturated carbocycles. The Labute approximate surface area is 153 Å². The monoisotopic (exact) mass is 340 g/mol. The molecule has 2 rings (SSSR count). The Balaban J connectivity index is 2.38. The molecule has 0 fully saturated rings. The summed E-state index contributed by atoms with van der Waals surface area (Å²) < 4.78 is 5.61. The highest BCUT2D eigenvalue weighted by atomic mass is 16.5. The van der Waals surface area contributed by atoms with Gasteiger partial charge in [-0.05, 0) is 57.1 Å². The van der Waals surface area contributed by atoms with Crippen LogP contribution in [0.2, 0.25) is 0 Å². The highest BCUT2D eigenvalue weighted by molar-refractivity contribution is 5.70. The number of allylic oxidation sites excluding steroid dienone is 3. The lowest BCUT2D eigenvalue weighted by Gasteiger charge is -2.31. The van der Waals surface area contributed by atoms with Gasteiger partial charge in [-0.3, -0.25) is 4.79 Å². The fourth-order valence-corrected chi connectivity index (χ4v) is 3.76. The summed E-state index contributed by atoms with van der Waals surface area (Å²) in [5.74, 6) is 1.12. The Morgan fingerprint density at radius 3 is 2.68 bits per heavy atom. The Kier molecular flexibility index (Phi) is 7.04.